The second-order valence-corrected chi connectivity index (χ2v) is 4.81. The van der Waals surface area contributed by atoms with Gasteiger partial charge in [0.1, 0.15) is 6.07 Å². The van der Waals surface area contributed by atoms with Gasteiger partial charge in [-0.1, -0.05) is 15.9 Å². The molecule has 5 heteroatoms. The molecular weight excluding hydrogens is 306 g/mol. The number of carbonyl (C=O) groups excluding carboxylic acids is 1. The fraction of sp³-hybridized carbons (Fsp3) is 0.0714. The maximum Gasteiger partial charge on any atom is 0.258 e. The van der Waals surface area contributed by atoms with Crippen LogP contribution >= 0.6 is 15.9 Å². The number of nitriles is 1. The molecule has 4 nitrogen and oxygen atoms in total. The number of halogens is 1. The molecule has 19 heavy (non-hydrogen) atoms. The number of aryl methyl sites for hydroxylation is 1. The standard InChI is InChI=1S/C14H10BrN3O/c1-9-6-11(2-3-13(9)15)18-14(19)12-8-17-5-4-10(12)7-16/h2-6,8H,1H3,(H,18,19). The summed E-state index contributed by atoms with van der Waals surface area (Å²) in [6, 6.07) is 8.99. The minimum atomic E-state index is -0.341. The van der Waals surface area contributed by atoms with Gasteiger partial charge in [-0.15, -0.1) is 0 Å². The third kappa shape index (κ3) is 2.98. The third-order valence-electron chi connectivity index (χ3n) is 2.60. The summed E-state index contributed by atoms with van der Waals surface area (Å²) in [4.78, 5) is 15.9. The Kier molecular flexibility index (Phi) is 3.93. The summed E-state index contributed by atoms with van der Waals surface area (Å²) in [5, 5.41) is 11.7. The number of hydrogen-bond donors (Lipinski definition) is 1. The van der Waals surface area contributed by atoms with Gasteiger partial charge in [0.05, 0.1) is 11.1 Å². The lowest BCUT2D eigenvalue weighted by Gasteiger charge is -2.07. The highest BCUT2D eigenvalue weighted by Crippen LogP contribution is 2.20. The normalized spacial score (nSPS) is 9.74. The van der Waals surface area contributed by atoms with E-state index >= 15 is 0 Å². The first-order chi connectivity index (χ1) is 9.11. The minimum Gasteiger partial charge on any atom is -0.322 e. The van der Waals surface area contributed by atoms with Crippen molar-refractivity contribution in [1.82, 2.24) is 4.98 Å². The highest BCUT2D eigenvalue weighted by Gasteiger charge is 2.11. The molecule has 1 aromatic carbocycles. The SMILES string of the molecule is Cc1cc(NC(=O)c2cnccc2C#N)ccc1Br. The van der Waals surface area contributed by atoms with Crippen LogP contribution in [-0.4, -0.2) is 10.9 Å². The Balaban J connectivity index is 2.26. The Morgan fingerprint density at radius 2 is 2.21 bits per heavy atom. The van der Waals surface area contributed by atoms with Gasteiger partial charge < -0.3 is 5.32 Å². The fourth-order valence-electron chi connectivity index (χ4n) is 1.59. The first kappa shape index (κ1) is 13.2. The number of hydrogen-bond acceptors (Lipinski definition) is 3. The van der Waals surface area contributed by atoms with Crippen LogP contribution in [0.5, 0.6) is 0 Å². The lowest BCUT2D eigenvalue weighted by atomic mass is 10.1. The Labute approximate surface area is 119 Å². The molecule has 0 radical (unpaired) electrons. The van der Waals surface area contributed by atoms with Gasteiger partial charge in [0.15, 0.2) is 0 Å². The van der Waals surface area contributed by atoms with E-state index in [4.69, 9.17) is 5.26 Å². The molecule has 0 spiro atoms. The largest absolute Gasteiger partial charge is 0.322 e. The van der Waals surface area contributed by atoms with Crippen molar-refractivity contribution in [2.75, 3.05) is 5.32 Å². The molecule has 0 bridgehead atoms. The summed E-state index contributed by atoms with van der Waals surface area (Å²) in [6.45, 7) is 1.94. The van der Waals surface area contributed by atoms with E-state index in [0.29, 0.717) is 11.3 Å². The van der Waals surface area contributed by atoms with E-state index in [2.05, 4.69) is 26.2 Å². The highest BCUT2D eigenvalue weighted by molar-refractivity contribution is 9.10. The van der Waals surface area contributed by atoms with Crippen LogP contribution in [0.15, 0.2) is 41.1 Å². The van der Waals surface area contributed by atoms with Crippen molar-refractivity contribution in [3.8, 4) is 6.07 Å². The molecule has 1 aromatic heterocycles. The lowest BCUT2D eigenvalue weighted by Crippen LogP contribution is -2.14. The molecule has 0 aliphatic carbocycles. The van der Waals surface area contributed by atoms with E-state index in [1.54, 1.807) is 6.07 Å². The average Bonchev–Trinajstić information content (AvgIpc) is 2.43. The van der Waals surface area contributed by atoms with Gasteiger partial charge >= 0.3 is 0 Å². The highest BCUT2D eigenvalue weighted by atomic mass is 79.9. The number of nitrogens with zero attached hydrogens (tertiary/aromatic N) is 2. The summed E-state index contributed by atoms with van der Waals surface area (Å²) >= 11 is 3.40. The zero-order chi connectivity index (χ0) is 13.8. The van der Waals surface area contributed by atoms with Gasteiger partial charge in [0.25, 0.3) is 5.91 Å². The number of anilines is 1. The molecule has 94 valence electrons. The fourth-order valence-corrected chi connectivity index (χ4v) is 1.84. The van der Waals surface area contributed by atoms with Gasteiger partial charge in [-0.25, -0.2) is 0 Å². The molecule has 0 atom stereocenters. The predicted molar refractivity (Wildman–Crippen MR) is 75.8 cm³/mol. The molecule has 0 fully saturated rings. The number of pyridine rings is 1. The third-order valence-corrected chi connectivity index (χ3v) is 3.49. The molecule has 0 unspecified atom stereocenters. The number of aromatic nitrogens is 1. The van der Waals surface area contributed by atoms with E-state index in [1.807, 2.05) is 25.1 Å². The maximum absolute atomic E-state index is 12.1. The minimum absolute atomic E-state index is 0.269. The van der Waals surface area contributed by atoms with E-state index < -0.39 is 0 Å². The van der Waals surface area contributed by atoms with Crippen molar-refractivity contribution >= 4 is 27.5 Å². The Bertz CT molecular complexity index is 677. The quantitative estimate of drug-likeness (QED) is 0.924. The van der Waals surface area contributed by atoms with E-state index in [1.165, 1.54) is 18.5 Å². The molecular formula is C14H10BrN3O. The van der Waals surface area contributed by atoms with Crippen molar-refractivity contribution in [1.29, 1.82) is 5.26 Å². The van der Waals surface area contributed by atoms with E-state index in [-0.39, 0.29) is 11.5 Å². The zero-order valence-electron chi connectivity index (χ0n) is 10.1. The van der Waals surface area contributed by atoms with Crippen LogP contribution in [0.2, 0.25) is 0 Å². The second kappa shape index (κ2) is 5.63. The topological polar surface area (TPSA) is 65.8 Å². The van der Waals surface area contributed by atoms with Crippen molar-refractivity contribution in [3.05, 3.63) is 57.8 Å². The van der Waals surface area contributed by atoms with Crippen molar-refractivity contribution in [3.63, 3.8) is 0 Å². The van der Waals surface area contributed by atoms with Crippen LogP contribution in [0.3, 0.4) is 0 Å². The Morgan fingerprint density at radius 1 is 1.42 bits per heavy atom. The number of nitrogens with one attached hydrogen (secondary N) is 1. The van der Waals surface area contributed by atoms with Crippen molar-refractivity contribution in [2.24, 2.45) is 0 Å². The maximum atomic E-state index is 12.1. The number of benzene rings is 1. The number of rotatable bonds is 2. The molecule has 1 amide bonds. The summed E-state index contributed by atoms with van der Waals surface area (Å²) < 4.78 is 0.976. The van der Waals surface area contributed by atoms with Crippen LogP contribution in [0.1, 0.15) is 21.5 Å². The molecule has 1 heterocycles. The molecule has 0 aliphatic heterocycles. The molecule has 2 aromatic rings. The molecule has 0 saturated heterocycles. The van der Waals surface area contributed by atoms with Gasteiger partial charge in [0.2, 0.25) is 0 Å². The summed E-state index contributed by atoms with van der Waals surface area (Å²) in [6.07, 6.45) is 2.87. The monoisotopic (exact) mass is 315 g/mol. The Hall–Kier alpha value is -2.19. The van der Waals surface area contributed by atoms with Crippen molar-refractivity contribution < 1.29 is 4.79 Å². The molecule has 2 rings (SSSR count). The first-order valence-corrected chi connectivity index (χ1v) is 6.32. The molecule has 0 aliphatic rings. The lowest BCUT2D eigenvalue weighted by molar-refractivity contribution is 0.102. The smallest absolute Gasteiger partial charge is 0.258 e. The van der Waals surface area contributed by atoms with Gasteiger partial charge in [-0.05, 0) is 36.8 Å². The zero-order valence-corrected chi connectivity index (χ0v) is 11.7. The second-order valence-electron chi connectivity index (χ2n) is 3.95. The van der Waals surface area contributed by atoms with Crippen LogP contribution in [0, 0.1) is 18.3 Å². The predicted octanol–water partition coefficient (Wildman–Crippen LogP) is 3.28. The van der Waals surface area contributed by atoms with E-state index in [9.17, 15) is 4.79 Å². The van der Waals surface area contributed by atoms with Crippen LogP contribution in [-0.2, 0) is 0 Å². The Morgan fingerprint density at radius 3 is 2.89 bits per heavy atom. The first-order valence-electron chi connectivity index (χ1n) is 5.53. The van der Waals surface area contributed by atoms with Gasteiger partial charge in [-0.3, -0.25) is 9.78 Å². The molecule has 1 N–H and O–H groups in total. The van der Waals surface area contributed by atoms with Crippen LogP contribution in [0.4, 0.5) is 5.69 Å². The number of amides is 1. The van der Waals surface area contributed by atoms with Crippen LogP contribution in [0.25, 0.3) is 0 Å². The number of carbonyl (C=O) groups is 1. The van der Waals surface area contributed by atoms with Gasteiger partial charge in [-0.2, -0.15) is 5.26 Å². The van der Waals surface area contributed by atoms with Crippen molar-refractivity contribution in [2.45, 2.75) is 6.92 Å². The van der Waals surface area contributed by atoms with Gasteiger partial charge in [0, 0.05) is 22.6 Å². The summed E-state index contributed by atoms with van der Waals surface area (Å²) in [5.41, 5.74) is 2.27. The summed E-state index contributed by atoms with van der Waals surface area (Å²) in [7, 11) is 0. The summed E-state index contributed by atoms with van der Waals surface area (Å²) in [5.74, 6) is -0.341. The van der Waals surface area contributed by atoms with Crippen LogP contribution < -0.4 is 5.32 Å². The van der Waals surface area contributed by atoms with E-state index in [0.717, 1.165) is 10.0 Å². The average molecular weight is 316 g/mol. The molecule has 0 saturated carbocycles.